The van der Waals surface area contributed by atoms with Gasteiger partial charge in [-0.05, 0) is 47.1 Å². The zero-order valence-corrected chi connectivity index (χ0v) is 18.3. The van der Waals surface area contributed by atoms with Gasteiger partial charge < -0.3 is 20.9 Å². The maximum absolute atomic E-state index is 13.0. The molecule has 0 aliphatic carbocycles. The van der Waals surface area contributed by atoms with Crippen LogP contribution in [0.5, 0.6) is 0 Å². The third-order valence-electron chi connectivity index (χ3n) is 6.14. The van der Waals surface area contributed by atoms with Crippen molar-refractivity contribution in [1.29, 1.82) is 0 Å². The average Bonchev–Trinajstić information content (AvgIpc) is 2.80. The Bertz CT molecular complexity index is 1000. The molecule has 3 atom stereocenters. The van der Waals surface area contributed by atoms with Crippen LogP contribution in [-0.2, 0) is 14.3 Å². The topological polar surface area (TPSA) is 102 Å². The third kappa shape index (κ3) is 4.27. The molecule has 31 heavy (non-hydrogen) atoms. The largest absolute Gasteiger partial charge is 0.458 e. The normalized spacial score (nSPS) is 27.6. The van der Waals surface area contributed by atoms with Gasteiger partial charge in [0.15, 0.2) is 5.60 Å². The molecule has 2 aliphatic rings. The first kappa shape index (κ1) is 22.7. The maximum Gasteiger partial charge on any atom is 0.343 e. The molecule has 6 nitrogen and oxygen atoms in total. The Balaban J connectivity index is 2.09. The smallest absolute Gasteiger partial charge is 0.343 e. The summed E-state index contributed by atoms with van der Waals surface area (Å²) in [5, 5.41) is 13.7. The van der Waals surface area contributed by atoms with E-state index in [0.29, 0.717) is 17.1 Å². The first-order chi connectivity index (χ1) is 14.7. The van der Waals surface area contributed by atoms with Crippen molar-refractivity contribution in [3.8, 4) is 0 Å². The summed E-state index contributed by atoms with van der Waals surface area (Å²) >= 11 is 0. The van der Waals surface area contributed by atoms with Crippen LogP contribution in [0.3, 0.4) is 0 Å². The summed E-state index contributed by atoms with van der Waals surface area (Å²) in [5.74, 6) is -0.892. The van der Waals surface area contributed by atoms with Gasteiger partial charge in [0.1, 0.15) is 12.8 Å². The van der Waals surface area contributed by atoms with Crippen molar-refractivity contribution in [3.63, 3.8) is 0 Å². The van der Waals surface area contributed by atoms with Crippen LogP contribution in [0, 0.1) is 0 Å². The molecule has 0 fully saturated rings. The lowest BCUT2D eigenvalue weighted by atomic mass is 9.84. The van der Waals surface area contributed by atoms with Crippen molar-refractivity contribution >= 4 is 18.0 Å². The number of aliphatic hydroxyl groups is 1. The Kier molecular flexibility index (Phi) is 6.62. The summed E-state index contributed by atoms with van der Waals surface area (Å²) in [7, 11) is 0. The highest BCUT2D eigenvalue weighted by Crippen LogP contribution is 2.33. The molecule has 0 aromatic heterocycles. The van der Waals surface area contributed by atoms with Gasteiger partial charge in [-0.25, -0.2) is 4.79 Å². The van der Waals surface area contributed by atoms with Gasteiger partial charge in [0, 0.05) is 5.57 Å². The van der Waals surface area contributed by atoms with E-state index in [4.69, 9.17) is 10.5 Å². The molecule has 4 N–H and O–H groups in total. The SMILES string of the molecule is C=C1/C=C/C2=C(COC(=O)C2(O)CC)C(=O)NC(N)/C1=C/c1ccccc1[C@H](C)CC. The van der Waals surface area contributed by atoms with Crippen molar-refractivity contribution in [2.24, 2.45) is 5.73 Å². The fourth-order valence-corrected chi connectivity index (χ4v) is 3.90. The molecule has 0 bridgehead atoms. The summed E-state index contributed by atoms with van der Waals surface area (Å²) in [6, 6.07) is 8.06. The molecular formula is C25H30N2O4. The van der Waals surface area contributed by atoms with Gasteiger partial charge in [-0.1, -0.05) is 63.8 Å². The molecular weight excluding hydrogens is 392 g/mol. The molecule has 0 saturated heterocycles. The number of esters is 1. The molecule has 1 aromatic rings. The lowest BCUT2D eigenvalue weighted by Crippen LogP contribution is -2.49. The lowest BCUT2D eigenvalue weighted by molar-refractivity contribution is -0.163. The van der Waals surface area contributed by atoms with E-state index < -0.39 is 23.6 Å². The molecule has 0 radical (unpaired) electrons. The number of hydrogen-bond acceptors (Lipinski definition) is 5. The molecule has 3 rings (SSSR count). The second-order valence-corrected chi connectivity index (χ2v) is 8.03. The molecule has 0 spiro atoms. The number of hydrogen-bond donors (Lipinski definition) is 3. The first-order valence-corrected chi connectivity index (χ1v) is 10.6. The minimum atomic E-state index is -1.89. The quantitative estimate of drug-likeness (QED) is 0.647. The number of rotatable bonds is 4. The van der Waals surface area contributed by atoms with Crippen LogP contribution in [-0.4, -0.2) is 35.4 Å². The maximum atomic E-state index is 13.0. The van der Waals surface area contributed by atoms with Crippen LogP contribution in [0.1, 0.15) is 50.7 Å². The predicted octanol–water partition coefficient (Wildman–Crippen LogP) is 3.11. The zero-order chi connectivity index (χ0) is 22.8. The summed E-state index contributed by atoms with van der Waals surface area (Å²) in [6.07, 6.45) is 5.45. The Morgan fingerprint density at radius 2 is 2.03 bits per heavy atom. The van der Waals surface area contributed by atoms with Crippen molar-refractivity contribution in [2.45, 2.75) is 51.3 Å². The van der Waals surface area contributed by atoms with Crippen LogP contribution in [0.25, 0.3) is 6.08 Å². The molecule has 6 heteroatoms. The van der Waals surface area contributed by atoms with Crippen LogP contribution in [0.15, 0.2) is 65.3 Å². The summed E-state index contributed by atoms with van der Waals surface area (Å²) in [6.45, 7) is 9.87. The predicted molar refractivity (Wildman–Crippen MR) is 121 cm³/mol. The summed E-state index contributed by atoms with van der Waals surface area (Å²) in [5.41, 5.74) is 8.30. The number of cyclic esters (lactones) is 1. The zero-order valence-electron chi connectivity index (χ0n) is 18.3. The Labute approximate surface area is 183 Å². The number of carbonyl (C=O) groups excluding carboxylic acids is 2. The van der Waals surface area contributed by atoms with Gasteiger partial charge in [0.25, 0.3) is 5.91 Å². The number of ether oxygens (including phenoxy) is 1. The van der Waals surface area contributed by atoms with E-state index in [1.807, 2.05) is 24.3 Å². The minimum absolute atomic E-state index is 0.0752. The monoisotopic (exact) mass is 422 g/mol. The summed E-state index contributed by atoms with van der Waals surface area (Å²) < 4.78 is 5.08. The van der Waals surface area contributed by atoms with E-state index in [2.05, 4.69) is 31.8 Å². The van der Waals surface area contributed by atoms with Crippen molar-refractivity contribution in [1.82, 2.24) is 5.32 Å². The third-order valence-corrected chi connectivity index (χ3v) is 6.14. The Hall–Kier alpha value is -2.96. The van der Waals surface area contributed by atoms with E-state index in [1.165, 1.54) is 5.56 Å². The van der Waals surface area contributed by atoms with Gasteiger partial charge in [-0.15, -0.1) is 0 Å². The standard InChI is InChI=1S/C25H30N2O4/c1-5-15(3)18-10-8-7-9-17(18)13-19-16(4)11-12-21-20(23(28)27-22(19)26)14-31-24(29)25(21,30)6-2/h7-13,15,22,30H,4-6,14,26H2,1-3H3,(H,27,28)/b12-11+,19-13+/t15-,22?,25?/m1/s1. The number of allylic oxidation sites excluding steroid dienone is 1. The molecule has 2 heterocycles. The average molecular weight is 423 g/mol. The van der Waals surface area contributed by atoms with Gasteiger partial charge in [0.05, 0.1) is 5.57 Å². The number of benzene rings is 1. The lowest BCUT2D eigenvalue weighted by Gasteiger charge is -2.32. The second-order valence-electron chi connectivity index (χ2n) is 8.03. The minimum Gasteiger partial charge on any atom is -0.458 e. The molecule has 164 valence electrons. The van der Waals surface area contributed by atoms with Crippen LogP contribution in [0.4, 0.5) is 0 Å². The fourth-order valence-electron chi connectivity index (χ4n) is 3.90. The van der Waals surface area contributed by atoms with Gasteiger partial charge in [-0.3, -0.25) is 4.79 Å². The van der Waals surface area contributed by atoms with Gasteiger partial charge >= 0.3 is 5.97 Å². The van der Waals surface area contributed by atoms with E-state index in [-0.39, 0.29) is 24.2 Å². The van der Waals surface area contributed by atoms with E-state index in [1.54, 1.807) is 19.1 Å². The number of nitrogens with two attached hydrogens (primary N) is 1. The van der Waals surface area contributed by atoms with Crippen LogP contribution in [0.2, 0.25) is 0 Å². The fraction of sp³-hybridized carbons (Fsp3) is 0.360. The number of nitrogens with one attached hydrogen (secondary N) is 1. The Morgan fingerprint density at radius 3 is 2.71 bits per heavy atom. The van der Waals surface area contributed by atoms with E-state index in [9.17, 15) is 14.7 Å². The molecule has 0 saturated carbocycles. The first-order valence-electron chi connectivity index (χ1n) is 10.6. The van der Waals surface area contributed by atoms with Crippen molar-refractivity contribution < 1.29 is 19.4 Å². The highest BCUT2D eigenvalue weighted by atomic mass is 16.6. The van der Waals surface area contributed by atoms with Crippen molar-refractivity contribution in [2.75, 3.05) is 6.61 Å². The van der Waals surface area contributed by atoms with E-state index >= 15 is 0 Å². The van der Waals surface area contributed by atoms with Crippen LogP contribution >= 0.6 is 0 Å². The number of amides is 1. The van der Waals surface area contributed by atoms with Gasteiger partial charge in [0.2, 0.25) is 0 Å². The Morgan fingerprint density at radius 1 is 1.32 bits per heavy atom. The highest BCUT2D eigenvalue weighted by Gasteiger charge is 2.45. The van der Waals surface area contributed by atoms with Gasteiger partial charge in [-0.2, -0.15) is 0 Å². The molecule has 2 unspecified atom stereocenters. The van der Waals surface area contributed by atoms with Crippen molar-refractivity contribution in [3.05, 3.63) is 76.4 Å². The molecule has 1 amide bonds. The molecule has 2 aliphatic heterocycles. The summed E-state index contributed by atoms with van der Waals surface area (Å²) in [4.78, 5) is 25.2. The highest BCUT2D eigenvalue weighted by molar-refractivity contribution is 6.00. The number of carbonyl (C=O) groups is 2. The molecule has 1 aromatic carbocycles. The van der Waals surface area contributed by atoms with Crippen LogP contribution < -0.4 is 11.1 Å². The van der Waals surface area contributed by atoms with E-state index in [0.717, 1.165) is 12.0 Å². The second kappa shape index (κ2) is 9.04.